The molecule has 2 amide bonds. The Kier molecular flexibility index (Phi) is 7.24. The van der Waals surface area contributed by atoms with Crippen LogP contribution in [0.5, 0.6) is 0 Å². The molecule has 2 rings (SSSR count). The van der Waals surface area contributed by atoms with Gasteiger partial charge in [-0.2, -0.15) is 0 Å². The Hall–Kier alpha value is -2.09. The zero-order chi connectivity index (χ0) is 20.0. The third-order valence-corrected chi connectivity index (χ3v) is 6.00. The van der Waals surface area contributed by atoms with E-state index in [1.165, 1.54) is 0 Å². The van der Waals surface area contributed by atoms with E-state index in [9.17, 15) is 13.2 Å². The highest BCUT2D eigenvalue weighted by Crippen LogP contribution is 2.21. The van der Waals surface area contributed by atoms with Crippen LogP contribution in [0.2, 0.25) is 5.02 Å². The summed E-state index contributed by atoms with van der Waals surface area (Å²) in [5, 5.41) is 5.98. The third kappa shape index (κ3) is 5.95. The molecule has 0 fully saturated rings. The first-order valence-corrected chi connectivity index (χ1v) is 10.4. The average molecular weight is 410 g/mol. The van der Waals surface area contributed by atoms with Gasteiger partial charge in [0.15, 0.2) is 0 Å². The molecule has 0 radical (unpaired) electrons. The van der Waals surface area contributed by atoms with Gasteiger partial charge in [0.1, 0.15) is 0 Å². The molecule has 0 aromatic heterocycles. The normalized spacial score (nSPS) is 12.4. The predicted molar refractivity (Wildman–Crippen MR) is 108 cm³/mol. The quantitative estimate of drug-likeness (QED) is 0.613. The molecule has 3 N–H and O–H groups in total. The van der Waals surface area contributed by atoms with Crippen molar-refractivity contribution in [3.8, 4) is 0 Å². The molecule has 0 bridgehead atoms. The highest BCUT2D eigenvalue weighted by atomic mass is 35.5. The minimum absolute atomic E-state index is 0.0869. The second-order valence-electron chi connectivity index (χ2n) is 6.31. The van der Waals surface area contributed by atoms with Gasteiger partial charge in [0.25, 0.3) is 0 Å². The maximum Gasteiger partial charge on any atom is 0.315 e. The van der Waals surface area contributed by atoms with Gasteiger partial charge in [-0.1, -0.05) is 41.9 Å². The van der Waals surface area contributed by atoms with E-state index >= 15 is 0 Å². The van der Waals surface area contributed by atoms with Crippen molar-refractivity contribution in [3.63, 3.8) is 0 Å². The van der Waals surface area contributed by atoms with Crippen LogP contribution in [-0.4, -0.2) is 27.5 Å². The summed E-state index contributed by atoms with van der Waals surface area (Å²) < 4.78 is 27.3. The van der Waals surface area contributed by atoms with Crippen molar-refractivity contribution < 1.29 is 13.2 Å². The van der Waals surface area contributed by atoms with Gasteiger partial charge in [0, 0.05) is 18.1 Å². The van der Waals surface area contributed by atoms with Gasteiger partial charge in [-0.05, 0) is 49.6 Å². The maximum absolute atomic E-state index is 12.4. The van der Waals surface area contributed by atoms with E-state index in [0.717, 1.165) is 11.1 Å². The summed E-state index contributed by atoms with van der Waals surface area (Å²) in [5.41, 5.74) is 2.35. The number of hydrogen-bond donors (Lipinski definition) is 3. The van der Waals surface area contributed by atoms with Gasteiger partial charge in [-0.15, -0.1) is 0 Å². The fourth-order valence-electron chi connectivity index (χ4n) is 2.59. The molecule has 2 aromatic rings. The molecule has 0 saturated carbocycles. The molecule has 0 heterocycles. The molecular weight excluding hydrogens is 386 g/mol. The molecule has 8 heteroatoms. The summed E-state index contributed by atoms with van der Waals surface area (Å²) in [4.78, 5) is 12.2. The smallest absolute Gasteiger partial charge is 0.315 e. The van der Waals surface area contributed by atoms with Crippen molar-refractivity contribution in [3.05, 3.63) is 64.2 Å². The molecule has 0 aliphatic heterocycles. The maximum atomic E-state index is 12.4. The van der Waals surface area contributed by atoms with Crippen molar-refractivity contribution >= 4 is 27.7 Å². The molecular formula is C19H24ClN3O3S. The number of aryl methyl sites for hydroxylation is 2. The van der Waals surface area contributed by atoms with Crippen LogP contribution in [-0.2, 0) is 10.0 Å². The van der Waals surface area contributed by atoms with E-state index in [-0.39, 0.29) is 24.0 Å². The Bertz CT molecular complexity index is 916. The third-order valence-electron chi connectivity index (χ3n) is 4.06. The van der Waals surface area contributed by atoms with Gasteiger partial charge in [-0.3, -0.25) is 0 Å². The van der Waals surface area contributed by atoms with E-state index in [1.807, 2.05) is 38.1 Å². The Morgan fingerprint density at radius 1 is 1.11 bits per heavy atom. The largest absolute Gasteiger partial charge is 0.337 e. The van der Waals surface area contributed by atoms with Gasteiger partial charge >= 0.3 is 6.03 Å². The highest BCUT2D eigenvalue weighted by molar-refractivity contribution is 7.89. The van der Waals surface area contributed by atoms with E-state index in [1.54, 1.807) is 25.1 Å². The Morgan fingerprint density at radius 3 is 2.52 bits per heavy atom. The lowest BCUT2D eigenvalue weighted by atomic mass is 10.1. The number of nitrogens with one attached hydrogen (secondary N) is 3. The number of carbonyl (C=O) groups excluding carboxylic acids is 1. The van der Waals surface area contributed by atoms with E-state index < -0.39 is 16.1 Å². The number of carbonyl (C=O) groups is 1. The van der Waals surface area contributed by atoms with Gasteiger partial charge in [0.05, 0.1) is 10.9 Å². The first-order chi connectivity index (χ1) is 12.7. The highest BCUT2D eigenvalue weighted by Gasteiger charge is 2.17. The van der Waals surface area contributed by atoms with Crippen molar-refractivity contribution in [2.75, 3.05) is 13.1 Å². The lowest BCUT2D eigenvalue weighted by molar-refractivity contribution is 0.238. The number of sulfonamides is 1. The summed E-state index contributed by atoms with van der Waals surface area (Å²) in [6.07, 6.45) is 0. The van der Waals surface area contributed by atoms with Gasteiger partial charge in [0.2, 0.25) is 10.0 Å². The lowest BCUT2D eigenvalue weighted by Crippen LogP contribution is -2.41. The summed E-state index contributed by atoms with van der Waals surface area (Å²) >= 11 is 6.11. The topological polar surface area (TPSA) is 87.3 Å². The van der Waals surface area contributed by atoms with Crippen LogP contribution >= 0.6 is 11.6 Å². The van der Waals surface area contributed by atoms with Crippen LogP contribution in [0.3, 0.4) is 0 Å². The van der Waals surface area contributed by atoms with Crippen LogP contribution in [0.1, 0.15) is 29.7 Å². The molecule has 146 valence electrons. The van der Waals surface area contributed by atoms with E-state index in [4.69, 9.17) is 11.6 Å². The summed E-state index contributed by atoms with van der Waals surface area (Å²) in [7, 11) is -3.62. The fraction of sp³-hybridized carbons (Fsp3) is 0.316. The lowest BCUT2D eigenvalue weighted by Gasteiger charge is -2.16. The minimum Gasteiger partial charge on any atom is -0.337 e. The first kappa shape index (κ1) is 21.2. The molecule has 0 aliphatic carbocycles. The SMILES string of the molecule is Cc1ccc(C)c(S(=O)(=O)NCCNC(=O)NC(C)c2ccccc2Cl)c1. The molecule has 2 aromatic carbocycles. The van der Waals surface area contributed by atoms with Crippen molar-refractivity contribution in [1.29, 1.82) is 0 Å². The van der Waals surface area contributed by atoms with Gasteiger partial charge in [-0.25, -0.2) is 17.9 Å². The van der Waals surface area contributed by atoms with E-state index in [0.29, 0.717) is 10.6 Å². The van der Waals surface area contributed by atoms with Crippen LogP contribution in [0.25, 0.3) is 0 Å². The standard InChI is InChI=1S/C19H24ClN3O3S/c1-13-8-9-14(2)18(12-13)27(25,26)22-11-10-21-19(24)23-15(3)16-6-4-5-7-17(16)20/h4-9,12,15,22H,10-11H2,1-3H3,(H2,21,23,24). The van der Waals surface area contributed by atoms with Crippen molar-refractivity contribution in [1.82, 2.24) is 15.4 Å². The van der Waals surface area contributed by atoms with Crippen LogP contribution in [0.4, 0.5) is 4.79 Å². The molecule has 1 atom stereocenters. The predicted octanol–water partition coefficient (Wildman–Crippen LogP) is 3.30. The monoisotopic (exact) mass is 409 g/mol. The molecule has 0 spiro atoms. The molecule has 27 heavy (non-hydrogen) atoms. The molecule has 0 aliphatic rings. The zero-order valence-corrected chi connectivity index (χ0v) is 17.1. The number of hydrogen-bond acceptors (Lipinski definition) is 3. The zero-order valence-electron chi connectivity index (χ0n) is 15.5. The molecule has 0 saturated heterocycles. The minimum atomic E-state index is -3.62. The van der Waals surface area contributed by atoms with Crippen LogP contribution in [0.15, 0.2) is 47.4 Å². The number of benzene rings is 2. The average Bonchev–Trinajstić information content (AvgIpc) is 2.61. The van der Waals surface area contributed by atoms with Crippen molar-refractivity contribution in [2.24, 2.45) is 0 Å². The van der Waals surface area contributed by atoms with E-state index in [2.05, 4.69) is 15.4 Å². The summed E-state index contributed by atoms with van der Waals surface area (Å²) in [6.45, 7) is 5.65. The van der Waals surface area contributed by atoms with Crippen LogP contribution < -0.4 is 15.4 Å². The second-order valence-corrected chi connectivity index (χ2v) is 8.45. The number of halogens is 1. The number of rotatable bonds is 7. The first-order valence-electron chi connectivity index (χ1n) is 8.56. The van der Waals surface area contributed by atoms with Gasteiger partial charge < -0.3 is 10.6 Å². The van der Waals surface area contributed by atoms with Crippen LogP contribution in [0, 0.1) is 13.8 Å². The fourth-order valence-corrected chi connectivity index (χ4v) is 4.25. The number of urea groups is 1. The Labute approximate surface area is 165 Å². The number of amides is 2. The Balaban J connectivity index is 1.83. The Morgan fingerprint density at radius 2 is 1.81 bits per heavy atom. The molecule has 6 nitrogen and oxygen atoms in total. The summed E-state index contributed by atoms with van der Waals surface area (Å²) in [6, 6.07) is 11.9. The summed E-state index contributed by atoms with van der Waals surface area (Å²) in [5.74, 6) is 0. The second kappa shape index (κ2) is 9.21. The molecule has 1 unspecified atom stereocenters. The van der Waals surface area contributed by atoms with Crippen molar-refractivity contribution in [2.45, 2.75) is 31.7 Å².